The van der Waals surface area contributed by atoms with Crippen LogP contribution >= 0.6 is 11.3 Å². The van der Waals surface area contributed by atoms with Crippen molar-refractivity contribution in [3.8, 4) is 11.5 Å². The lowest BCUT2D eigenvalue weighted by Crippen LogP contribution is -2.40. The molecule has 3 aliphatic heterocycles. The number of amides is 1. The number of carbonyl (C=O) groups is 2. The Morgan fingerprint density at radius 1 is 1.05 bits per heavy atom. The fourth-order valence-corrected chi connectivity index (χ4v) is 6.33. The lowest BCUT2D eigenvalue weighted by atomic mass is 9.93. The van der Waals surface area contributed by atoms with E-state index in [1.807, 2.05) is 42.5 Å². The molecule has 0 bridgehead atoms. The molecule has 1 atom stereocenters. The van der Waals surface area contributed by atoms with Gasteiger partial charge in [-0.25, -0.2) is 9.79 Å². The van der Waals surface area contributed by atoms with Crippen molar-refractivity contribution in [3.05, 3.63) is 115 Å². The van der Waals surface area contributed by atoms with E-state index in [0.29, 0.717) is 44.4 Å². The number of para-hydroxylation sites is 1. The van der Waals surface area contributed by atoms with E-state index in [1.165, 1.54) is 4.57 Å². The summed E-state index contributed by atoms with van der Waals surface area (Å²) in [5.74, 6) is 0.129. The number of ether oxygens (including phenoxy) is 3. The molecule has 3 aliphatic rings. The van der Waals surface area contributed by atoms with Crippen LogP contribution < -0.4 is 29.7 Å². The predicted molar refractivity (Wildman–Crippen MR) is 148 cm³/mol. The molecular weight excluding hydrogens is 530 g/mol. The quantitative estimate of drug-likeness (QED) is 0.391. The molecule has 4 heterocycles. The zero-order valence-electron chi connectivity index (χ0n) is 21.2. The van der Waals surface area contributed by atoms with Crippen molar-refractivity contribution in [2.75, 3.05) is 18.7 Å². The third-order valence-corrected chi connectivity index (χ3v) is 8.01. The van der Waals surface area contributed by atoms with Crippen molar-refractivity contribution in [3.63, 3.8) is 0 Å². The van der Waals surface area contributed by atoms with Gasteiger partial charge in [0, 0.05) is 16.8 Å². The molecule has 1 N–H and O–H groups in total. The van der Waals surface area contributed by atoms with Crippen LogP contribution in [0.25, 0.3) is 11.3 Å². The van der Waals surface area contributed by atoms with E-state index in [2.05, 4.69) is 5.32 Å². The SMILES string of the molecule is CCOC(=O)C1=C(c2ccccc2)N=c2s/c(=C3/C(=O)Nc4ccccc43)c(=O)n2[C@@H]1c1ccc2c(c1)OCO2. The minimum atomic E-state index is -0.894. The molecule has 0 fully saturated rings. The summed E-state index contributed by atoms with van der Waals surface area (Å²) in [6.45, 7) is 1.95. The molecule has 198 valence electrons. The van der Waals surface area contributed by atoms with Crippen LogP contribution in [0, 0.1) is 0 Å². The number of carbonyl (C=O) groups excluding carboxylic acids is 2. The average molecular weight is 552 g/mol. The highest BCUT2D eigenvalue weighted by atomic mass is 32.1. The zero-order chi connectivity index (χ0) is 27.4. The van der Waals surface area contributed by atoms with Gasteiger partial charge in [0.25, 0.3) is 11.5 Å². The van der Waals surface area contributed by atoms with Gasteiger partial charge in [-0.1, -0.05) is 65.9 Å². The lowest BCUT2D eigenvalue weighted by Gasteiger charge is -2.26. The maximum atomic E-state index is 14.2. The standard InChI is InChI=1S/C30H21N3O6S/c1-2-37-29(36)23-24(16-8-4-3-5-9-16)32-30-33(25(23)17-12-13-20-21(14-17)39-15-38-20)28(35)26(40-30)22-18-10-6-7-11-19(18)31-27(22)34/h3-14,25H,2,15H2,1H3,(H,31,34)/b26-22+/t25-/m1/s1. The predicted octanol–water partition coefficient (Wildman–Crippen LogP) is 2.99. The number of nitrogens with one attached hydrogen (secondary N) is 1. The maximum absolute atomic E-state index is 14.2. The van der Waals surface area contributed by atoms with E-state index in [9.17, 15) is 14.4 Å². The third-order valence-electron chi connectivity index (χ3n) is 6.96. The van der Waals surface area contributed by atoms with E-state index >= 15 is 0 Å². The second-order valence-electron chi connectivity index (χ2n) is 9.24. The summed E-state index contributed by atoms with van der Waals surface area (Å²) < 4.78 is 18.3. The number of anilines is 1. The number of aromatic nitrogens is 1. The second kappa shape index (κ2) is 9.35. The molecule has 9 nitrogen and oxygen atoms in total. The Labute approximate surface area is 231 Å². The van der Waals surface area contributed by atoms with Crippen LogP contribution in [0.3, 0.4) is 0 Å². The summed E-state index contributed by atoms with van der Waals surface area (Å²) >= 11 is 1.12. The lowest BCUT2D eigenvalue weighted by molar-refractivity contribution is -0.138. The molecule has 4 aromatic rings. The number of thiazole rings is 1. The van der Waals surface area contributed by atoms with Gasteiger partial charge in [0.2, 0.25) is 6.79 Å². The van der Waals surface area contributed by atoms with Gasteiger partial charge in [-0.3, -0.25) is 14.2 Å². The van der Waals surface area contributed by atoms with Crippen LogP contribution in [0.5, 0.6) is 11.5 Å². The van der Waals surface area contributed by atoms with Crippen molar-refractivity contribution in [1.29, 1.82) is 0 Å². The molecule has 0 saturated heterocycles. The van der Waals surface area contributed by atoms with Crippen LogP contribution in [0.1, 0.15) is 29.7 Å². The number of fused-ring (bicyclic) bond motifs is 3. The van der Waals surface area contributed by atoms with Gasteiger partial charge in [0.1, 0.15) is 4.53 Å². The Morgan fingerprint density at radius 3 is 2.65 bits per heavy atom. The molecule has 1 aromatic heterocycles. The molecular formula is C30H21N3O6S. The molecule has 0 spiro atoms. The third kappa shape index (κ3) is 3.68. The van der Waals surface area contributed by atoms with Gasteiger partial charge in [-0.2, -0.15) is 0 Å². The van der Waals surface area contributed by atoms with E-state index in [1.54, 1.807) is 37.3 Å². The summed E-state index contributed by atoms with van der Waals surface area (Å²) in [7, 11) is 0. The van der Waals surface area contributed by atoms with Gasteiger partial charge in [0.05, 0.1) is 29.5 Å². The number of hydrogen-bond donors (Lipinski definition) is 1. The minimum Gasteiger partial charge on any atom is -0.463 e. The fraction of sp³-hybridized carbons (Fsp3) is 0.133. The van der Waals surface area contributed by atoms with Crippen LogP contribution in [0.4, 0.5) is 5.69 Å². The Hall–Kier alpha value is -4.96. The molecule has 3 aromatic carbocycles. The van der Waals surface area contributed by atoms with Crippen molar-refractivity contribution < 1.29 is 23.8 Å². The molecule has 40 heavy (non-hydrogen) atoms. The first-order valence-electron chi connectivity index (χ1n) is 12.7. The summed E-state index contributed by atoms with van der Waals surface area (Å²) in [5, 5.41) is 2.84. The maximum Gasteiger partial charge on any atom is 0.338 e. The largest absolute Gasteiger partial charge is 0.463 e. The van der Waals surface area contributed by atoms with Crippen molar-refractivity contribution in [2.24, 2.45) is 4.99 Å². The molecule has 1 amide bonds. The van der Waals surface area contributed by atoms with Crippen LogP contribution in [-0.2, 0) is 14.3 Å². The van der Waals surface area contributed by atoms with Gasteiger partial charge >= 0.3 is 5.97 Å². The Morgan fingerprint density at radius 2 is 1.82 bits per heavy atom. The molecule has 0 saturated carbocycles. The summed E-state index contributed by atoms with van der Waals surface area (Å²) in [6.07, 6.45) is 0. The number of hydrogen-bond acceptors (Lipinski definition) is 8. The molecule has 10 heteroatoms. The van der Waals surface area contributed by atoms with Gasteiger partial charge < -0.3 is 19.5 Å². The zero-order valence-corrected chi connectivity index (χ0v) is 22.0. The van der Waals surface area contributed by atoms with E-state index in [4.69, 9.17) is 19.2 Å². The average Bonchev–Trinajstić information content (AvgIpc) is 3.66. The van der Waals surface area contributed by atoms with Gasteiger partial charge in [-0.05, 0) is 30.7 Å². The smallest absolute Gasteiger partial charge is 0.338 e. The van der Waals surface area contributed by atoms with Crippen LogP contribution in [-0.4, -0.2) is 29.8 Å². The molecule has 0 radical (unpaired) electrons. The fourth-order valence-electron chi connectivity index (χ4n) is 5.23. The molecule has 7 rings (SSSR count). The summed E-state index contributed by atoms with van der Waals surface area (Å²) in [4.78, 5) is 46.1. The van der Waals surface area contributed by atoms with Gasteiger partial charge in [0.15, 0.2) is 16.3 Å². The number of rotatable bonds is 4. The first kappa shape index (κ1) is 24.1. The number of benzene rings is 3. The summed E-state index contributed by atoms with van der Waals surface area (Å²) in [5.41, 5.74) is 3.06. The van der Waals surface area contributed by atoms with Crippen molar-refractivity contribution in [1.82, 2.24) is 4.57 Å². The second-order valence-corrected chi connectivity index (χ2v) is 10.2. The number of nitrogens with zero attached hydrogens (tertiary/aromatic N) is 2. The first-order valence-corrected chi connectivity index (χ1v) is 13.5. The highest BCUT2D eigenvalue weighted by Crippen LogP contribution is 2.40. The first-order chi connectivity index (χ1) is 19.5. The van der Waals surface area contributed by atoms with Crippen molar-refractivity contribution >= 4 is 40.2 Å². The topological polar surface area (TPSA) is 108 Å². The highest BCUT2D eigenvalue weighted by molar-refractivity contribution is 7.07. The Bertz CT molecular complexity index is 1940. The normalized spacial score (nSPS) is 18.1. The van der Waals surface area contributed by atoms with E-state index in [0.717, 1.165) is 11.3 Å². The van der Waals surface area contributed by atoms with E-state index < -0.39 is 17.6 Å². The number of esters is 1. The monoisotopic (exact) mass is 551 g/mol. The highest BCUT2D eigenvalue weighted by Gasteiger charge is 2.37. The van der Waals surface area contributed by atoms with Crippen LogP contribution in [0.15, 0.2) is 88.2 Å². The summed E-state index contributed by atoms with van der Waals surface area (Å²) in [6, 6.07) is 20.9. The minimum absolute atomic E-state index is 0.0786. The Balaban J connectivity index is 1.57. The Kier molecular flexibility index (Phi) is 5.64. The molecule has 0 aliphatic carbocycles. The van der Waals surface area contributed by atoms with E-state index in [-0.39, 0.29) is 35.0 Å². The van der Waals surface area contributed by atoms with Crippen molar-refractivity contribution in [2.45, 2.75) is 13.0 Å². The van der Waals surface area contributed by atoms with Crippen LogP contribution in [0.2, 0.25) is 0 Å². The molecule has 0 unspecified atom stereocenters. The van der Waals surface area contributed by atoms with Gasteiger partial charge in [-0.15, -0.1) is 0 Å².